The average Bonchev–Trinajstić information content (AvgIpc) is 2.77. The molecule has 20 heavy (non-hydrogen) atoms. The molecule has 0 amide bonds. The fourth-order valence-electron chi connectivity index (χ4n) is 3.62. The molecule has 1 aliphatic rings. The summed E-state index contributed by atoms with van der Waals surface area (Å²) in [5.41, 5.74) is 1.94. The first kappa shape index (κ1) is 13.6. The second kappa shape index (κ2) is 5.17. The van der Waals surface area contributed by atoms with E-state index in [2.05, 4.69) is 23.9 Å². The normalized spacial score (nSPS) is 18.6. The maximum atomic E-state index is 13.4. The molecule has 2 heterocycles. The molecule has 0 spiro atoms. The summed E-state index contributed by atoms with van der Waals surface area (Å²) < 4.78 is 15.6. The molecular formula is C16H22FN3. The van der Waals surface area contributed by atoms with Gasteiger partial charge in [0.1, 0.15) is 11.6 Å². The van der Waals surface area contributed by atoms with E-state index < -0.39 is 0 Å². The van der Waals surface area contributed by atoms with E-state index in [1.807, 2.05) is 6.07 Å². The third-order valence-corrected chi connectivity index (χ3v) is 4.61. The summed E-state index contributed by atoms with van der Waals surface area (Å²) in [4.78, 5) is 4.78. The Bertz CT molecular complexity index is 606. The Kier molecular flexibility index (Phi) is 3.50. The van der Waals surface area contributed by atoms with E-state index in [0.29, 0.717) is 0 Å². The Labute approximate surface area is 119 Å². The molecule has 1 aromatic heterocycles. The van der Waals surface area contributed by atoms with Gasteiger partial charge in [0.15, 0.2) is 0 Å². The lowest BCUT2D eigenvalue weighted by molar-refractivity contribution is 0.266. The first-order chi connectivity index (χ1) is 9.66. The summed E-state index contributed by atoms with van der Waals surface area (Å²) in [6, 6.07) is 4.89. The van der Waals surface area contributed by atoms with Crippen LogP contribution in [-0.2, 0) is 12.5 Å². The maximum absolute atomic E-state index is 13.4. The minimum Gasteiger partial charge on any atom is -0.331 e. The lowest BCUT2D eigenvalue weighted by atomic mass is 9.74. The molecule has 0 atom stereocenters. The van der Waals surface area contributed by atoms with Crippen LogP contribution >= 0.6 is 0 Å². The van der Waals surface area contributed by atoms with Crippen LogP contribution in [0.15, 0.2) is 18.2 Å². The lowest BCUT2D eigenvalue weighted by Gasteiger charge is -2.37. The zero-order valence-electron chi connectivity index (χ0n) is 12.2. The van der Waals surface area contributed by atoms with Crippen LogP contribution in [0.5, 0.6) is 0 Å². The van der Waals surface area contributed by atoms with Crippen molar-refractivity contribution < 1.29 is 4.39 Å². The van der Waals surface area contributed by atoms with Crippen molar-refractivity contribution in [1.29, 1.82) is 0 Å². The molecule has 1 aliphatic heterocycles. The Hall–Kier alpha value is -1.42. The SMILES string of the molecule is CCCC1(c2nc3cc(F)ccc3n2C)CCNCC1. The van der Waals surface area contributed by atoms with Crippen LogP contribution in [0, 0.1) is 5.82 Å². The topological polar surface area (TPSA) is 29.9 Å². The van der Waals surface area contributed by atoms with E-state index in [4.69, 9.17) is 4.98 Å². The van der Waals surface area contributed by atoms with Gasteiger partial charge < -0.3 is 9.88 Å². The first-order valence-electron chi connectivity index (χ1n) is 7.49. The van der Waals surface area contributed by atoms with Gasteiger partial charge in [0.05, 0.1) is 11.0 Å². The minimum absolute atomic E-state index is 0.143. The van der Waals surface area contributed by atoms with Crippen LogP contribution in [0.25, 0.3) is 11.0 Å². The van der Waals surface area contributed by atoms with E-state index in [9.17, 15) is 4.39 Å². The van der Waals surface area contributed by atoms with Gasteiger partial charge in [0.25, 0.3) is 0 Å². The van der Waals surface area contributed by atoms with Crippen LogP contribution in [0.4, 0.5) is 4.39 Å². The Morgan fingerprint density at radius 3 is 2.80 bits per heavy atom. The molecule has 0 unspecified atom stereocenters. The molecule has 0 radical (unpaired) electrons. The van der Waals surface area contributed by atoms with Crippen molar-refractivity contribution >= 4 is 11.0 Å². The highest BCUT2D eigenvalue weighted by molar-refractivity contribution is 5.76. The molecule has 0 aliphatic carbocycles. The molecule has 1 aromatic carbocycles. The predicted octanol–water partition coefficient (Wildman–Crippen LogP) is 3.13. The molecular weight excluding hydrogens is 253 g/mol. The van der Waals surface area contributed by atoms with E-state index in [-0.39, 0.29) is 11.2 Å². The molecule has 3 rings (SSSR count). The Balaban J connectivity index is 2.13. The van der Waals surface area contributed by atoms with Crippen molar-refractivity contribution in [3.8, 4) is 0 Å². The average molecular weight is 275 g/mol. The number of fused-ring (bicyclic) bond motifs is 1. The molecule has 3 nitrogen and oxygen atoms in total. The largest absolute Gasteiger partial charge is 0.331 e. The van der Waals surface area contributed by atoms with Crippen molar-refractivity contribution in [3.63, 3.8) is 0 Å². The van der Waals surface area contributed by atoms with Crippen molar-refractivity contribution in [2.75, 3.05) is 13.1 Å². The molecule has 1 fully saturated rings. The second-order valence-electron chi connectivity index (χ2n) is 5.91. The zero-order valence-corrected chi connectivity index (χ0v) is 12.2. The van der Waals surface area contributed by atoms with Crippen LogP contribution in [0.3, 0.4) is 0 Å². The third kappa shape index (κ3) is 2.12. The number of imidazole rings is 1. The summed E-state index contributed by atoms with van der Waals surface area (Å²) in [5, 5.41) is 3.43. The third-order valence-electron chi connectivity index (χ3n) is 4.61. The molecule has 0 bridgehead atoms. The summed E-state index contributed by atoms with van der Waals surface area (Å²) in [7, 11) is 2.06. The summed E-state index contributed by atoms with van der Waals surface area (Å²) >= 11 is 0. The van der Waals surface area contributed by atoms with Crippen LogP contribution < -0.4 is 5.32 Å². The van der Waals surface area contributed by atoms with Crippen LogP contribution in [0.1, 0.15) is 38.4 Å². The van der Waals surface area contributed by atoms with Crippen LogP contribution in [0.2, 0.25) is 0 Å². The Morgan fingerprint density at radius 2 is 2.10 bits per heavy atom. The number of halogens is 1. The van der Waals surface area contributed by atoms with Crippen LogP contribution in [-0.4, -0.2) is 22.6 Å². The number of hydrogen-bond acceptors (Lipinski definition) is 2. The van der Waals surface area contributed by atoms with Gasteiger partial charge in [-0.15, -0.1) is 0 Å². The number of nitrogens with zero attached hydrogens (tertiary/aromatic N) is 2. The number of benzene rings is 1. The standard InChI is InChI=1S/C16H22FN3/c1-3-6-16(7-9-18-10-8-16)15-19-13-11-12(17)4-5-14(13)20(15)2/h4-5,11,18H,3,6-10H2,1-2H3. The van der Waals surface area contributed by atoms with Crippen molar-refractivity contribution in [2.45, 2.75) is 38.0 Å². The van der Waals surface area contributed by atoms with Gasteiger partial charge in [-0.05, 0) is 44.5 Å². The van der Waals surface area contributed by atoms with E-state index in [0.717, 1.165) is 55.6 Å². The van der Waals surface area contributed by atoms with Gasteiger partial charge in [-0.3, -0.25) is 0 Å². The number of aromatic nitrogens is 2. The number of nitrogens with one attached hydrogen (secondary N) is 1. The van der Waals surface area contributed by atoms with Gasteiger partial charge >= 0.3 is 0 Å². The molecule has 1 N–H and O–H groups in total. The molecule has 108 valence electrons. The number of piperidine rings is 1. The maximum Gasteiger partial charge on any atom is 0.125 e. The number of rotatable bonds is 3. The Morgan fingerprint density at radius 1 is 1.35 bits per heavy atom. The van der Waals surface area contributed by atoms with Gasteiger partial charge in [0, 0.05) is 18.5 Å². The zero-order chi connectivity index (χ0) is 14.2. The lowest BCUT2D eigenvalue weighted by Crippen LogP contribution is -2.41. The van der Waals surface area contributed by atoms with Gasteiger partial charge in [-0.25, -0.2) is 9.37 Å². The quantitative estimate of drug-likeness (QED) is 0.932. The monoisotopic (exact) mass is 275 g/mol. The summed E-state index contributed by atoms with van der Waals surface area (Å²) in [6.45, 7) is 4.31. The van der Waals surface area contributed by atoms with Gasteiger partial charge in [0.2, 0.25) is 0 Å². The van der Waals surface area contributed by atoms with E-state index in [1.165, 1.54) is 6.07 Å². The smallest absolute Gasteiger partial charge is 0.125 e. The van der Waals surface area contributed by atoms with Crippen molar-refractivity contribution in [3.05, 3.63) is 29.8 Å². The minimum atomic E-state index is -0.211. The van der Waals surface area contributed by atoms with Crippen molar-refractivity contribution in [1.82, 2.24) is 14.9 Å². The first-order valence-corrected chi connectivity index (χ1v) is 7.49. The highest BCUT2D eigenvalue weighted by atomic mass is 19.1. The second-order valence-corrected chi connectivity index (χ2v) is 5.91. The van der Waals surface area contributed by atoms with Crippen molar-refractivity contribution in [2.24, 2.45) is 7.05 Å². The fraction of sp³-hybridized carbons (Fsp3) is 0.562. The molecule has 1 saturated heterocycles. The van der Waals surface area contributed by atoms with Gasteiger partial charge in [-0.2, -0.15) is 0 Å². The molecule has 0 saturated carbocycles. The molecule has 2 aromatic rings. The summed E-state index contributed by atoms with van der Waals surface area (Å²) in [5.74, 6) is 0.915. The predicted molar refractivity (Wildman–Crippen MR) is 79.4 cm³/mol. The summed E-state index contributed by atoms with van der Waals surface area (Å²) in [6.07, 6.45) is 4.52. The highest BCUT2D eigenvalue weighted by Gasteiger charge is 2.37. The van der Waals surface area contributed by atoms with E-state index >= 15 is 0 Å². The highest BCUT2D eigenvalue weighted by Crippen LogP contribution is 2.38. The van der Waals surface area contributed by atoms with Gasteiger partial charge in [-0.1, -0.05) is 13.3 Å². The number of aryl methyl sites for hydroxylation is 1. The number of hydrogen-bond donors (Lipinski definition) is 1. The fourth-order valence-corrected chi connectivity index (χ4v) is 3.62. The molecule has 4 heteroatoms. The van der Waals surface area contributed by atoms with E-state index in [1.54, 1.807) is 6.07 Å².